The fourth-order valence-corrected chi connectivity index (χ4v) is 3.12. The number of nitrogens with zero attached hydrogens (tertiary/aromatic N) is 1. The summed E-state index contributed by atoms with van der Waals surface area (Å²) in [6.45, 7) is 9.30. The first-order valence-corrected chi connectivity index (χ1v) is 6.25. The van der Waals surface area contributed by atoms with Crippen molar-refractivity contribution in [2.45, 2.75) is 53.0 Å². The van der Waals surface area contributed by atoms with Crippen LogP contribution in [0.25, 0.3) is 0 Å². The van der Waals surface area contributed by atoms with Gasteiger partial charge in [-0.3, -0.25) is 0 Å². The van der Waals surface area contributed by atoms with Crippen LogP contribution in [0.5, 0.6) is 0 Å². The van der Waals surface area contributed by atoms with Crippen molar-refractivity contribution in [3.05, 3.63) is 23.5 Å². The van der Waals surface area contributed by atoms with Crippen LogP contribution in [-0.4, -0.2) is 4.57 Å². The summed E-state index contributed by atoms with van der Waals surface area (Å²) >= 11 is 0. The second-order valence-electron chi connectivity index (χ2n) is 5.32. The molecule has 1 fully saturated rings. The van der Waals surface area contributed by atoms with Gasteiger partial charge in [-0.15, -0.1) is 0 Å². The van der Waals surface area contributed by atoms with Crippen molar-refractivity contribution < 1.29 is 0 Å². The van der Waals surface area contributed by atoms with E-state index in [0.29, 0.717) is 0 Å². The molecule has 84 valence electrons. The van der Waals surface area contributed by atoms with Gasteiger partial charge in [0.05, 0.1) is 0 Å². The van der Waals surface area contributed by atoms with E-state index in [9.17, 15) is 0 Å². The minimum atomic E-state index is 0.740. The number of aryl methyl sites for hydroxylation is 2. The second kappa shape index (κ2) is 4.03. The number of hydrogen-bond acceptors (Lipinski definition) is 0. The molecule has 0 N–H and O–H groups in total. The highest BCUT2D eigenvalue weighted by Crippen LogP contribution is 2.38. The summed E-state index contributed by atoms with van der Waals surface area (Å²) in [7, 11) is 0. The molecule has 1 saturated carbocycles. The van der Waals surface area contributed by atoms with Crippen LogP contribution in [0.15, 0.2) is 12.1 Å². The van der Waals surface area contributed by atoms with E-state index in [1.165, 1.54) is 30.7 Å². The van der Waals surface area contributed by atoms with Crippen LogP contribution in [0.4, 0.5) is 0 Å². The standard InChI is InChI=1S/C14H23N/c1-10-6-5-7-14(13(10)4)15-11(2)8-9-12(15)3/h8-10,13-14H,5-7H2,1-4H3. The van der Waals surface area contributed by atoms with Gasteiger partial charge in [0.15, 0.2) is 0 Å². The third-order valence-electron chi connectivity index (χ3n) is 4.32. The van der Waals surface area contributed by atoms with Gasteiger partial charge < -0.3 is 4.57 Å². The van der Waals surface area contributed by atoms with Gasteiger partial charge in [-0.25, -0.2) is 0 Å². The van der Waals surface area contributed by atoms with E-state index < -0.39 is 0 Å². The predicted octanol–water partition coefficient (Wildman–Crippen LogP) is 4.10. The number of rotatable bonds is 1. The Labute approximate surface area is 93.5 Å². The highest BCUT2D eigenvalue weighted by Gasteiger charge is 2.29. The minimum Gasteiger partial charge on any atom is -0.346 e. The highest BCUT2D eigenvalue weighted by molar-refractivity contribution is 5.15. The van der Waals surface area contributed by atoms with Crippen LogP contribution in [0.3, 0.4) is 0 Å². The normalized spacial score (nSPS) is 31.9. The van der Waals surface area contributed by atoms with E-state index in [1.807, 2.05) is 0 Å². The zero-order valence-electron chi connectivity index (χ0n) is 10.5. The lowest BCUT2D eigenvalue weighted by molar-refractivity contribution is 0.183. The molecule has 1 heterocycles. The van der Waals surface area contributed by atoms with Gasteiger partial charge in [0.1, 0.15) is 0 Å². The van der Waals surface area contributed by atoms with Crippen molar-refractivity contribution in [1.82, 2.24) is 4.57 Å². The van der Waals surface area contributed by atoms with Crippen molar-refractivity contribution >= 4 is 0 Å². The lowest BCUT2D eigenvalue weighted by Gasteiger charge is -2.36. The monoisotopic (exact) mass is 205 g/mol. The molecule has 0 bridgehead atoms. The first kappa shape index (κ1) is 10.8. The van der Waals surface area contributed by atoms with E-state index in [4.69, 9.17) is 0 Å². The van der Waals surface area contributed by atoms with Gasteiger partial charge in [0, 0.05) is 17.4 Å². The maximum atomic E-state index is 2.56. The van der Waals surface area contributed by atoms with Crippen molar-refractivity contribution in [2.24, 2.45) is 11.8 Å². The summed E-state index contributed by atoms with van der Waals surface area (Å²) in [6.07, 6.45) is 4.17. The molecule has 3 atom stereocenters. The Morgan fingerprint density at radius 3 is 2.27 bits per heavy atom. The summed E-state index contributed by atoms with van der Waals surface area (Å²) in [5.41, 5.74) is 2.86. The van der Waals surface area contributed by atoms with Crippen molar-refractivity contribution in [3.63, 3.8) is 0 Å². The fourth-order valence-electron chi connectivity index (χ4n) is 3.12. The van der Waals surface area contributed by atoms with Crippen molar-refractivity contribution in [1.29, 1.82) is 0 Å². The zero-order chi connectivity index (χ0) is 11.0. The fraction of sp³-hybridized carbons (Fsp3) is 0.714. The predicted molar refractivity (Wildman–Crippen MR) is 65.1 cm³/mol. The van der Waals surface area contributed by atoms with Gasteiger partial charge in [-0.05, 0) is 44.2 Å². The van der Waals surface area contributed by atoms with Crippen LogP contribution in [0, 0.1) is 25.7 Å². The zero-order valence-corrected chi connectivity index (χ0v) is 10.5. The summed E-state index contributed by atoms with van der Waals surface area (Å²) in [6, 6.07) is 5.24. The molecule has 1 aromatic heterocycles. The largest absolute Gasteiger partial charge is 0.346 e. The molecular formula is C14H23N. The van der Waals surface area contributed by atoms with Gasteiger partial charge in [-0.1, -0.05) is 26.7 Å². The van der Waals surface area contributed by atoms with Gasteiger partial charge in [0.25, 0.3) is 0 Å². The van der Waals surface area contributed by atoms with E-state index in [0.717, 1.165) is 17.9 Å². The van der Waals surface area contributed by atoms with Crippen LogP contribution in [0.1, 0.15) is 50.5 Å². The molecule has 0 saturated heterocycles. The molecule has 15 heavy (non-hydrogen) atoms. The van der Waals surface area contributed by atoms with Gasteiger partial charge >= 0.3 is 0 Å². The van der Waals surface area contributed by atoms with Crippen molar-refractivity contribution in [2.75, 3.05) is 0 Å². The van der Waals surface area contributed by atoms with E-state index in [-0.39, 0.29) is 0 Å². The Bertz CT molecular complexity index is 318. The Morgan fingerprint density at radius 2 is 1.67 bits per heavy atom. The molecule has 1 aliphatic carbocycles. The quantitative estimate of drug-likeness (QED) is 0.650. The van der Waals surface area contributed by atoms with Crippen molar-refractivity contribution in [3.8, 4) is 0 Å². The van der Waals surface area contributed by atoms with Crippen LogP contribution >= 0.6 is 0 Å². The second-order valence-corrected chi connectivity index (χ2v) is 5.32. The highest BCUT2D eigenvalue weighted by atomic mass is 15.0. The molecule has 0 radical (unpaired) electrons. The molecule has 0 amide bonds. The van der Waals surface area contributed by atoms with Crippen LogP contribution in [0.2, 0.25) is 0 Å². The van der Waals surface area contributed by atoms with Gasteiger partial charge in [-0.2, -0.15) is 0 Å². The molecule has 0 aromatic carbocycles. The Balaban J connectivity index is 2.30. The first-order chi connectivity index (χ1) is 7.11. The number of hydrogen-bond donors (Lipinski definition) is 0. The Morgan fingerprint density at radius 1 is 1.07 bits per heavy atom. The van der Waals surface area contributed by atoms with Crippen LogP contribution < -0.4 is 0 Å². The molecule has 1 aliphatic rings. The number of aromatic nitrogens is 1. The first-order valence-electron chi connectivity index (χ1n) is 6.25. The lowest BCUT2D eigenvalue weighted by Crippen LogP contribution is -2.28. The topological polar surface area (TPSA) is 4.93 Å². The third kappa shape index (κ3) is 1.84. The average molecular weight is 205 g/mol. The minimum absolute atomic E-state index is 0.740. The molecule has 3 unspecified atom stereocenters. The molecule has 0 aliphatic heterocycles. The molecule has 1 heteroatoms. The SMILES string of the molecule is Cc1ccc(C)n1C1CCCC(C)C1C. The molecule has 2 rings (SSSR count). The maximum Gasteiger partial charge on any atom is 0.0363 e. The van der Waals surface area contributed by atoms with E-state index in [1.54, 1.807) is 0 Å². The Kier molecular flexibility index (Phi) is 2.90. The lowest BCUT2D eigenvalue weighted by atomic mass is 9.78. The summed E-state index contributed by atoms with van der Waals surface area (Å²) in [5, 5.41) is 0. The summed E-state index contributed by atoms with van der Waals surface area (Å²) < 4.78 is 2.56. The van der Waals surface area contributed by atoms with Crippen LogP contribution in [-0.2, 0) is 0 Å². The Hall–Kier alpha value is -0.720. The average Bonchev–Trinajstić information content (AvgIpc) is 2.52. The van der Waals surface area contributed by atoms with E-state index >= 15 is 0 Å². The summed E-state index contributed by atoms with van der Waals surface area (Å²) in [5.74, 6) is 1.70. The maximum absolute atomic E-state index is 2.56. The third-order valence-corrected chi connectivity index (χ3v) is 4.32. The smallest absolute Gasteiger partial charge is 0.0363 e. The van der Waals surface area contributed by atoms with E-state index in [2.05, 4.69) is 44.4 Å². The molecular weight excluding hydrogens is 182 g/mol. The van der Waals surface area contributed by atoms with Gasteiger partial charge in [0.2, 0.25) is 0 Å². The molecule has 1 aromatic rings. The molecule has 0 spiro atoms. The summed E-state index contributed by atoms with van der Waals surface area (Å²) in [4.78, 5) is 0. The molecule has 1 nitrogen and oxygen atoms in total.